The molecular weight excluding hydrogens is 486 g/mol. The second-order valence-corrected chi connectivity index (χ2v) is 11.4. The van der Waals surface area contributed by atoms with Crippen LogP contribution >= 0.6 is 11.3 Å². The average Bonchev–Trinajstić information content (AvgIpc) is 3.35. The minimum absolute atomic E-state index is 0.143. The summed E-state index contributed by atoms with van der Waals surface area (Å²) >= 11 is 1.55. The van der Waals surface area contributed by atoms with Crippen LogP contribution in [0.25, 0.3) is 0 Å². The van der Waals surface area contributed by atoms with Gasteiger partial charge in [-0.2, -0.15) is 11.3 Å². The highest BCUT2D eigenvalue weighted by molar-refractivity contribution is 7.89. The lowest BCUT2D eigenvalue weighted by Gasteiger charge is -2.25. The van der Waals surface area contributed by atoms with Crippen molar-refractivity contribution in [3.63, 3.8) is 0 Å². The van der Waals surface area contributed by atoms with Crippen molar-refractivity contribution in [1.29, 1.82) is 0 Å². The van der Waals surface area contributed by atoms with Gasteiger partial charge in [0.2, 0.25) is 15.9 Å². The number of ether oxygens (including phenoxy) is 1. The van der Waals surface area contributed by atoms with Crippen LogP contribution in [0.15, 0.2) is 41.1 Å². The van der Waals surface area contributed by atoms with E-state index >= 15 is 0 Å². The first-order valence-electron chi connectivity index (χ1n) is 12.1. The van der Waals surface area contributed by atoms with E-state index in [2.05, 4.69) is 10.6 Å². The van der Waals surface area contributed by atoms with Gasteiger partial charge in [-0.25, -0.2) is 12.7 Å². The molecule has 2 rings (SSSR count). The molecule has 0 aliphatic rings. The zero-order valence-electron chi connectivity index (χ0n) is 20.9. The highest BCUT2D eigenvalue weighted by atomic mass is 32.2. The van der Waals surface area contributed by atoms with Gasteiger partial charge in [0.1, 0.15) is 5.75 Å². The van der Waals surface area contributed by atoms with Crippen LogP contribution in [0.4, 0.5) is 0 Å². The standard InChI is InChI=1S/C25H39N3O5S2/c1-4-11-28(12-5-2)35(31,32)14-10-25(30)27-23(16-21-9-13-34-19-21)24(29)18-26-17-20-7-6-8-22(15-20)33-3/h6-9,13,15,19,23-24,26,29H,4-5,10-12,14,16-18H2,1-3H3,(H,27,30)/t23-,24+/m0/s1. The molecule has 3 N–H and O–H groups in total. The number of methoxy groups -OCH3 is 1. The van der Waals surface area contributed by atoms with Crippen LogP contribution in [0.1, 0.15) is 44.2 Å². The van der Waals surface area contributed by atoms with Crippen molar-refractivity contribution >= 4 is 27.3 Å². The fourth-order valence-corrected chi connectivity index (χ4v) is 6.06. The van der Waals surface area contributed by atoms with Gasteiger partial charge in [-0.15, -0.1) is 0 Å². The Balaban J connectivity index is 1.95. The molecule has 0 aliphatic heterocycles. The Morgan fingerprint density at radius 2 is 1.91 bits per heavy atom. The minimum Gasteiger partial charge on any atom is -0.497 e. The molecule has 0 saturated heterocycles. The highest BCUT2D eigenvalue weighted by Gasteiger charge is 2.25. The lowest BCUT2D eigenvalue weighted by Crippen LogP contribution is -2.49. The van der Waals surface area contributed by atoms with Gasteiger partial charge < -0.3 is 20.5 Å². The van der Waals surface area contributed by atoms with Crippen LogP contribution in [0, 0.1) is 0 Å². The summed E-state index contributed by atoms with van der Waals surface area (Å²) in [6.45, 7) is 5.58. The summed E-state index contributed by atoms with van der Waals surface area (Å²) in [6, 6.07) is 9.08. The molecule has 1 heterocycles. The molecule has 196 valence electrons. The van der Waals surface area contributed by atoms with Crippen molar-refractivity contribution in [2.75, 3.05) is 32.5 Å². The van der Waals surface area contributed by atoms with E-state index in [0.29, 0.717) is 26.1 Å². The molecule has 2 atom stereocenters. The number of rotatable bonds is 17. The number of carbonyl (C=O) groups excluding carboxylic acids is 1. The van der Waals surface area contributed by atoms with Gasteiger partial charge in [0, 0.05) is 32.6 Å². The monoisotopic (exact) mass is 525 g/mol. The summed E-state index contributed by atoms with van der Waals surface area (Å²) in [5, 5.41) is 20.9. The highest BCUT2D eigenvalue weighted by Crippen LogP contribution is 2.14. The molecule has 0 radical (unpaired) electrons. The maximum atomic E-state index is 12.7. The molecule has 10 heteroatoms. The average molecular weight is 526 g/mol. The molecule has 0 aliphatic carbocycles. The number of hydrogen-bond donors (Lipinski definition) is 3. The largest absolute Gasteiger partial charge is 0.497 e. The third-order valence-electron chi connectivity index (χ3n) is 5.59. The van der Waals surface area contributed by atoms with Crippen LogP contribution in [0.2, 0.25) is 0 Å². The van der Waals surface area contributed by atoms with E-state index < -0.39 is 22.2 Å². The van der Waals surface area contributed by atoms with Crippen LogP contribution in [-0.2, 0) is 27.8 Å². The normalized spacial score (nSPS) is 13.5. The van der Waals surface area contributed by atoms with Crippen LogP contribution in [0.3, 0.4) is 0 Å². The number of aliphatic hydroxyl groups excluding tert-OH is 1. The van der Waals surface area contributed by atoms with Gasteiger partial charge in [0.05, 0.1) is 25.0 Å². The fourth-order valence-electron chi connectivity index (χ4n) is 3.75. The number of aliphatic hydroxyl groups is 1. The number of carbonyl (C=O) groups is 1. The number of hydrogen-bond acceptors (Lipinski definition) is 7. The summed E-state index contributed by atoms with van der Waals surface area (Å²) in [6.07, 6.45) is 0.919. The van der Waals surface area contributed by atoms with E-state index in [1.54, 1.807) is 18.4 Å². The van der Waals surface area contributed by atoms with Crippen LogP contribution < -0.4 is 15.4 Å². The zero-order chi connectivity index (χ0) is 25.7. The van der Waals surface area contributed by atoms with E-state index in [1.807, 2.05) is 54.9 Å². The first-order chi connectivity index (χ1) is 16.8. The Labute approximate surface area is 213 Å². The third-order valence-corrected chi connectivity index (χ3v) is 8.19. The number of nitrogens with one attached hydrogen (secondary N) is 2. The first kappa shape index (κ1) is 29.3. The number of thiophene rings is 1. The number of nitrogens with zero attached hydrogens (tertiary/aromatic N) is 1. The van der Waals surface area contributed by atoms with E-state index in [4.69, 9.17) is 4.74 Å². The molecule has 0 bridgehead atoms. The van der Waals surface area contributed by atoms with E-state index in [1.165, 1.54) is 4.31 Å². The summed E-state index contributed by atoms with van der Waals surface area (Å²) < 4.78 is 32.1. The molecule has 35 heavy (non-hydrogen) atoms. The lowest BCUT2D eigenvalue weighted by atomic mass is 10.0. The minimum atomic E-state index is -3.51. The van der Waals surface area contributed by atoms with Crippen molar-refractivity contribution in [2.45, 2.75) is 58.2 Å². The Hall–Kier alpha value is -1.98. The van der Waals surface area contributed by atoms with Gasteiger partial charge in [-0.3, -0.25) is 4.79 Å². The van der Waals surface area contributed by atoms with Gasteiger partial charge in [-0.05, 0) is 59.3 Å². The topological polar surface area (TPSA) is 108 Å². The van der Waals surface area contributed by atoms with Crippen LogP contribution in [-0.4, -0.2) is 68.4 Å². The lowest BCUT2D eigenvalue weighted by molar-refractivity contribution is -0.122. The van der Waals surface area contributed by atoms with Gasteiger partial charge >= 0.3 is 0 Å². The van der Waals surface area contributed by atoms with Gasteiger partial charge in [-0.1, -0.05) is 26.0 Å². The molecule has 0 spiro atoms. The second kappa shape index (κ2) is 15.2. The number of amides is 1. The molecule has 0 unspecified atom stereocenters. The van der Waals surface area contributed by atoms with E-state index in [-0.39, 0.29) is 24.6 Å². The second-order valence-electron chi connectivity index (χ2n) is 8.52. The van der Waals surface area contributed by atoms with Crippen molar-refractivity contribution < 1.29 is 23.1 Å². The molecule has 8 nitrogen and oxygen atoms in total. The maximum Gasteiger partial charge on any atom is 0.221 e. The van der Waals surface area contributed by atoms with Crippen LogP contribution in [0.5, 0.6) is 5.75 Å². The van der Waals surface area contributed by atoms with Crippen molar-refractivity contribution in [2.24, 2.45) is 0 Å². The number of sulfonamides is 1. The summed E-state index contributed by atoms with van der Waals surface area (Å²) in [4.78, 5) is 12.7. The maximum absolute atomic E-state index is 12.7. The third kappa shape index (κ3) is 10.3. The van der Waals surface area contributed by atoms with Gasteiger partial charge in [0.25, 0.3) is 0 Å². The first-order valence-corrected chi connectivity index (χ1v) is 14.6. The van der Waals surface area contributed by atoms with Gasteiger partial charge in [0.15, 0.2) is 0 Å². The Kier molecular flexibility index (Phi) is 12.7. The summed E-state index contributed by atoms with van der Waals surface area (Å²) in [7, 11) is -1.89. The predicted octanol–water partition coefficient (Wildman–Crippen LogP) is 2.78. The molecule has 2 aromatic rings. The predicted molar refractivity (Wildman–Crippen MR) is 141 cm³/mol. The van der Waals surface area contributed by atoms with Crippen molar-refractivity contribution in [3.05, 3.63) is 52.2 Å². The molecule has 0 saturated carbocycles. The SMILES string of the molecule is CCCN(CCC)S(=O)(=O)CCC(=O)N[C@@H](Cc1ccsc1)[C@H](O)CNCc1cccc(OC)c1. The summed E-state index contributed by atoms with van der Waals surface area (Å²) in [5.74, 6) is 0.140. The zero-order valence-corrected chi connectivity index (χ0v) is 22.5. The smallest absolute Gasteiger partial charge is 0.221 e. The molecular formula is C25H39N3O5S2. The Morgan fingerprint density at radius 1 is 1.17 bits per heavy atom. The molecule has 0 fully saturated rings. The molecule has 1 amide bonds. The quantitative estimate of drug-likeness (QED) is 0.293. The van der Waals surface area contributed by atoms with E-state index in [9.17, 15) is 18.3 Å². The molecule has 1 aromatic carbocycles. The Bertz CT molecular complexity index is 977. The molecule has 1 aromatic heterocycles. The van der Waals surface area contributed by atoms with Crippen molar-refractivity contribution in [3.8, 4) is 5.75 Å². The van der Waals surface area contributed by atoms with E-state index in [0.717, 1.165) is 29.7 Å². The Morgan fingerprint density at radius 3 is 2.54 bits per heavy atom. The summed E-state index contributed by atoms with van der Waals surface area (Å²) in [5.41, 5.74) is 2.03. The van der Waals surface area contributed by atoms with Crippen molar-refractivity contribution in [1.82, 2.24) is 14.9 Å². The number of benzene rings is 1. The fraction of sp³-hybridized carbons (Fsp3) is 0.560.